The van der Waals surface area contributed by atoms with Crippen LogP contribution in [0.25, 0.3) is 11.1 Å². The molecule has 34 heavy (non-hydrogen) atoms. The first-order valence-electron chi connectivity index (χ1n) is 10.4. The Morgan fingerprint density at radius 2 is 1.38 bits per heavy atom. The number of carbonyl (C=O) groups is 3. The van der Waals surface area contributed by atoms with Crippen molar-refractivity contribution in [2.45, 2.75) is 12.6 Å². The molecule has 0 fully saturated rings. The number of hydrogen-bond donors (Lipinski definition) is 0. The van der Waals surface area contributed by atoms with Gasteiger partial charge < -0.3 is 4.42 Å². The first-order valence-corrected chi connectivity index (χ1v) is 10.4. The molecular formula is C27H13F3O4. The summed E-state index contributed by atoms with van der Waals surface area (Å²) in [5.74, 6) is -5.13. The highest BCUT2D eigenvalue weighted by Gasteiger charge is 2.47. The molecule has 0 bridgehead atoms. The summed E-state index contributed by atoms with van der Waals surface area (Å²) in [5, 5.41) is 0. The van der Waals surface area contributed by atoms with Crippen LogP contribution in [0.3, 0.4) is 0 Å². The maximum atomic E-state index is 13.9. The average molecular weight is 458 g/mol. The molecule has 0 atom stereocenters. The van der Waals surface area contributed by atoms with E-state index in [1.54, 1.807) is 6.07 Å². The van der Waals surface area contributed by atoms with Crippen molar-refractivity contribution >= 4 is 17.3 Å². The monoisotopic (exact) mass is 458 g/mol. The summed E-state index contributed by atoms with van der Waals surface area (Å²) >= 11 is 0. The molecule has 4 aromatic rings. The minimum Gasteiger partial charge on any atom is -0.446 e. The summed E-state index contributed by atoms with van der Waals surface area (Å²) in [6.07, 6.45) is -4.43. The summed E-state index contributed by atoms with van der Waals surface area (Å²) in [4.78, 5) is 39.5. The number of furan rings is 1. The van der Waals surface area contributed by atoms with Crippen molar-refractivity contribution < 1.29 is 32.0 Å². The van der Waals surface area contributed by atoms with Crippen LogP contribution in [0.2, 0.25) is 0 Å². The first-order chi connectivity index (χ1) is 16.3. The van der Waals surface area contributed by atoms with Crippen LogP contribution in [0.5, 0.6) is 0 Å². The minimum atomic E-state index is -5.08. The predicted molar refractivity (Wildman–Crippen MR) is 115 cm³/mol. The van der Waals surface area contributed by atoms with Crippen LogP contribution >= 0.6 is 0 Å². The molecule has 4 nitrogen and oxygen atoms in total. The molecule has 0 N–H and O–H groups in total. The summed E-state index contributed by atoms with van der Waals surface area (Å²) in [7, 11) is 0. The second-order valence-corrected chi connectivity index (χ2v) is 8.25. The highest BCUT2D eigenvalue weighted by molar-refractivity contribution is 6.31. The van der Waals surface area contributed by atoms with Gasteiger partial charge in [-0.25, -0.2) is 0 Å². The van der Waals surface area contributed by atoms with Crippen LogP contribution in [-0.2, 0) is 12.6 Å². The molecule has 2 aliphatic rings. The first kappa shape index (κ1) is 20.4. The summed E-state index contributed by atoms with van der Waals surface area (Å²) in [6, 6.07) is 17.9. The van der Waals surface area contributed by atoms with Crippen LogP contribution in [0.4, 0.5) is 13.2 Å². The zero-order valence-corrected chi connectivity index (χ0v) is 17.3. The quantitative estimate of drug-likeness (QED) is 0.304. The summed E-state index contributed by atoms with van der Waals surface area (Å²) < 4.78 is 46.7. The van der Waals surface area contributed by atoms with Gasteiger partial charge in [0.2, 0.25) is 11.5 Å². The van der Waals surface area contributed by atoms with Crippen molar-refractivity contribution in [3.63, 3.8) is 0 Å². The third kappa shape index (κ3) is 2.76. The highest BCUT2D eigenvalue weighted by Crippen LogP contribution is 2.43. The van der Waals surface area contributed by atoms with Gasteiger partial charge in [0.25, 0.3) is 0 Å². The van der Waals surface area contributed by atoms with Gasteiger partial charge in [0, 0.05) is 16.7 Å². The van der Waals surface area contributed by atoms with E-state index in [1.807, 2.05) is 24.3 Å². The maximum Gasteiger partial charge on any atom is 0.450 e. The number of benzene rings is 3. The Balaban J connectivity index is 1.55. The molecule has 6 rings (SSSR count). The van der Waals surface area contributed by atoms with Crippen LogP contribution in [0.15, 0.2) is 71.1 Å². The molecule has 0 aliphatic heterocycles. The van der Waals surface area contributed by atoms with Gasteiger partial charge in [-0.2, -0.15) is 13.2 Å². The molecule has 0 saturated carbocycles. The molecule has 7 heteroatoms. The molecule has 0 spiro atoms. The van der Waals surface area contributed by atoms with Crippen LogP contribution in [0.1, 0.15) is 64.8 Å². The van der Waals surface area contributed by atoms with E-state index in [0.717, 1.165) is 22.3 Å². The molecule has 0 amide bonds. The van der Waals surface area contributed by atoms with Crippen LogP contribution < -0.4 is 0 Å². The van der Waals surface area contributed by atoms with Crippen molar-refractivity contribution in [1.29, 1.82) is 0 Å². The lowest BCUT2D eigenvalue weighted by molar-refractivity contribution is -0.153. The second kappa shape index (κ2) is 6.87. The molecule has 2 aliphatic carbocycles. The number of rotatable bonds is 2. The number of fused-ring (bicyclic) bond motifs is 5. The van der Waals surface area contributed by atoms with Crippen molar-refractivity contribution in [3.05, 3.63) is 117 Å². The molecule has 0 unspecified atom stereocenters. The fourth-order valence-electron chi connectivity index (χ4n) is 4.77. The van der Waals surface area contributed by atoms with Crippen molar-refractivity contribution in [2.24, 2.45) is 0 Å². The van der Waals surface area contributed by atoms with E-state index in [1.165, 1.54) is 36.4 Å². The Morgan fingerprint density at radius 1 is 0.765 bits per heavy atom. The van der Waals surface area contributed by atoms with Gasteiger partial charge in [-0.15, -0.1) is 0 Å². The molecule has 1 heterocycles. The van der Waals surface area contributed by atoms with Gasteiger partial charge in [-0.05, 0) is 34.7 Å². The third-order valence-electron chi connectivity index (χ3n) is 6.30. The van der Waals surface area contributed by atoms with Gasteiger partial charge in [-0.1, -0.05) is 60.7 Å². The summed E-state index contributed by atoms with van der Waals surface area (Å²) in [6.45, 7) is 0. The van der Waals surface area contributed by atoms with E-state index < -0.39 is 46.2 Å². The molecule has 0 radical (unpaired) electrons. The zero-order chi connectivity index (χ0) is 23.8. The van der Waals surface area contributed by atoms with Crippen molar-refractivity contribution in [2.75, 3.05) is 0 Å². The third-order valence-corrected chi connectivity index (χ3v) is 6.30. The van der Waals surface area contributed by atoms with E-state index in [-0.39, 0.29) is 16.7 Å². The minimum absolute atomic E-state index is 0.0244. The normalized spacial score (nSPS) is 13.9. The predicted octanol–water partition coefficient (Wildman–Crippen LogP) is 5.88. The lowest BCUT2D eigenvalue weighted by Gasteiger charge is -2.14. The van der Waals surface area contributed by atoms with E-state index in [2.05, 4.69) is 0 Å². The Kier molecular flexibility index (Phi) is 4.11. The van der Waals surface area contributed by atoms with Crippen molar-refractivity contribution in [1.82, 2.24) is 0 Å². The van der Waals surface area contributed by atoms with Gasteiger partial charge in [0.15, 0.2) is 17.3 Å². The average Bonchev–Trinajstić information content (AvgIpc) is 3.41. The van der Waals surface area contributed by atoms with E-state index in [0.29, 0.717) is 6.42 Å². The SMILES string of the molecule is O=C1c2ccccc2C(=O)c2c1oc(C(F)(F)F)c2C(=O)c1ccc2c(c1)-c1ccccc1C2. The van der Waals surface area contributed by atoms with Crippen LogP contribution in [-0.4, -0.2) is 17.3 Å². The van der Waals surface area contributed by atoms with Gasteiger partial charge in [0.1, 0.15) is 0 Å². The standard InChI is InChI=1S/C27H13F3O4/c28-27(29,30)26-21(20-23(32)17-7-3-4-8-18(17)24(33)25(20)34-26)22(31)15-10-9-14-11-13-5-1-2-6-16(13)19(14)12-15/h1-10,12H,11H2. The lowest BCUT2D eigenvalue weighted by Crippen LogP contribution is -2.22. The van der Waals surface area contributed by atoms with Crippen molar-refractivity contribution in [3.8, 4) is 11.1 Å². The molecule has 3 aromatic carbocycles. The lowest BCUT2D eigenvalue weighted by atomic mass is 9.84. The fourth-order valence-corrected chi connectivity index (χ4v) is 4.77. The zero-order valence-electron chi connectivity index (χ0n) is 17.3. The molecule has 166 valence electrons. The molecule has 1 aromatic heterocycles. The number of halogens is 3. The topological polar surface area (TPSA) is 64.3 Å². The number of alkyl halides is 3. The fraction of sp³-hybridized carbons (Fsp3) is 0.0741. The van der Waals surface area contributed by atoms with E-state index >= 15 is 0 Å². The summed E-state index contributed by atoms with van der Waals surface area (Å²) in [5.41, 5.74) is 1.94. The van der Waals surface area contributed by atoms with Gasteiger partial charge >= 0.3 is 6.18 Å². The Labute approximate surface area is 190 Å². The maximum absolute atomic E-state index is 13.9. The van der Waals surface area contributed by atoms with Gasteiger partial charge in [0.05, 0.1) is 11.1 Å². The van der Waals surface area contributed by atoms with E-state index in [4.69, 9.17) is 4.42 Å². The van der Waals surface area contributed by atoms with E-state index in [9.17, 15) is 27.6 Å². The molecule has 0 saturated heterocycles. The smallest absolute Gasteiger partial charge is 0.446 e. The number of hydrogen-bond acceptors (Lipinski definition) is 4. The second-order valence-electron chi connectivity index (χ2n) is 8.25. The number of ketones is 3. The number of carbonyl (C=O) groups excluding carboxylic acids is 3. The van der Waals surface area contributed by atoms with Crippen LogP contribution in [0, 0.1) is 0 Å². The highest BCUT2D eigenvalue weighted by atomic mass is 19.4. The molecular weight excluding hydrogens is 445 g/mol. The Hall–Kier alpha value is -4.26. The van der Waals surface area contributed by atoms with Gasteiger partial charge in [-0.3, -0.25) is 14.4 Å². The Morgan fingerprint density at radius 3 is 2.09 bits per heavy atom. The largest absolute Gasteiger partial charge is 0.450 e. The Bertz CT molecular complexity index is 1570.